The molecule has 5 aromatic rings. The third-order valence-electron chi connectivity index (χ3n) is 4.67. The van der Waals surface area contributed by atoms with Gasteiger partial charge in [0.05, 0.1) is 28.3 Å². The van der Waals surface area contributed by atoms with Gasteiger partial charge in [0.15, 0.2) is 0 Å². The predicted octanol–water partition coefficient (Wildman–Crippen LogP) is 6.07. The Kier molecular flexibility index (Phi) is 4.47. The molecular formula is C24H15ClN4. The van der Waals surface area contributed by atoms with Gasteiger partial charge in [-0.2, -0.15) is 0 Å². The zero-order valence-corrected chi connectivity index (χ0v) is 16.1. The minimum atomic E-state index is 0.453. The van der Waals surface area contributed by atoms with Crippen LogP contribution in [0.3, 0.4) is 0 Å². The van der Waals surface area contributed by atoms with E-state index in [4.69, 9.17) is 16.6 Å². The fraction of sp³-hybridized carbons (Fsp3) is 0. The number of hydrogen-bond donors (Lipinski definition) is 0. The molecule has 0 spiro atoms. The number of hydrogen-bond acceptors (Lipinski definition) is 4. The number of benzene rings is 1. The first-order valence-electron chi connectivity index (χ1n) is 9.18. The van der Waals surface area contributed by atoms with Gasteiger partial charge in [-0.05, 0) is 54.1 Å². The lowest BCUT2D eigenvalue weighted by Crippen LogP contribution is -1.95. The van der Waals surface area contributed by atoms with Crippen LogP contribution in [0.15, 0.2) is 91.3 Å². The van der Waals surface area contributed by atoms with Crippen LogP contribution in [0.1, 0.15) is 0 Å². The Bertz CT molecular complexity index is 1250. The third kappa shape index (κ3) is 3.46. The van der Waals surface area contributed by atoms with Crippen molar-refractivity contribution < 1.29 is 0 Å². The van der Waals surface area contributed by atoms with Gasteiger partial charge in [0, 0.05) is 23.3 Å². The van der Waals surface area contributed by atoms with Crippen molar-refractivity contribution >= 4 is 22.5 Å². The normalized spacial score (nSPS) is 10.9. The lowest BCUT2D eigenvalue weighted by atomic mass is 10.0. The van der Waals surface area contributed by atoms with Crippen LogP contribution < -0.4 is 0 Å². The molecule has 5 heteroatoms. The molecule has 1 aromatic carbocycles. The molecule has 0 N–H and O–H groups in total. The number of pyridine rings is 4. The topological polar surface area (TPSA) is 51.6 Å². The highest BCUT2D eigenvalue weighted by molar-refractivity contribution is 6.32. The van der Waals surface area contributed by atoms with Gasteiger partial charge in [0.1, 0.15) is 5.15 Å². The lowest BCUT2D eigenvalue weighted by Gasteiger charge is -2.11. The predicted molar refractivity (Wildman–Crippen MR) is 116 cm³/mol. The van der Waals surface area contributed by atoms with E-state index in [1.165, 1.54) is 0 Å². The molecule has 4 nitrogen and oxygen atoms in total. The van der Waals surface area contributed by atoms with Gasteiger partial charge in [-0.1, -0.05) is 41.9 Å². The number of nitrogens with zero attached hydrogens (tertiary/aromatic N) is 4. The van der Waals surface area contributed by atoms with Gasteiger partial charge < -0.3 is 0 Å². The first-order chi connectivity index (χ1) is 14.3. The second-order valence-electron chi connectivity index (χ2n) is 6.58. The number of aromatic nitrogens is 4. The van der Waals surface area contributed by atoms with Crippen molar-refractivity contribution in [3.63, 3.8) is 0 Å². The van der Waals surface area contributed by atoms with Crippen LogP contribution in [0.5, 0.6) is 0 Å². The Morgan fingerprint density at radius 2 is 1.21 bits per heavy atom. The summed E-state index contributed by atoms with van der Waals surface area (Å²) < 4.78 is 0. The molecule has 138 valence electrons. The molecule has 0 aliphatic rings. The van der Waals surface area contributed by atoms with Crippen LogP contribution >= 0.6 is 11.6 Å². The average Bonchev–Trinajstić information content (AvgIpc) is 2.79. The summed E-state index contributed by atoms with van der Waals surface area (Å²) in [6.45, 7) is 0. The Morgan fingerprint density at radius 1 is 0.586 bits per heavy atom. The quantitative estimate of drug-likeness (QED) is 0.348. The first-order valence-corrected chi connectivity index (χ1v) is 9.56. The monoisotopic (exact) mass is 394 g/mol. The number of fused-ring (bicyclic) bond motifs is 1. The van der Waals surface area contributed by atoms with Gasteiger partial charge in [-0.25, -0.2) is 9.97 Å². The molecule has 4 aromatic heterocycles. The van der Waals surface area contributed by atoms with E-state index in [1.54, 1.807) is 12.4 Å². The molecular weight excluding hydrogens is 380 g/mol. The average molecular weight is 395 g/mol. The summed E-state index contributed by atoms with van der Waals surface area (Å²) in [6, 6.07) is 25.5. The maximum Gasteiger partial charge on any atom is 0.137 e. The Morgan fingerprint density at radius 3 is 1.83 bits per heavy atom. The van der Waals surface area contributed by atoms with Gasteiger partial charge in [0.25, 0.3) is 0 Å². The highest BCUT2D eigenvalue weighted by Crippen LogP contribution is 2.34. The first kappa shape index (κ1) is 17.5. The molecule has 0 amide bonds. The van der Waals surface area contributed by atoms with Crippen LogP contribution in [-0.4, -0.2) is 19.9 Å². The fourth-order valence-corrected chi connectivity index (χ4v) is 3.53. The molecule has 0 radical (unpaired) electrons. The molecule has 0 saturated heterocycles. The smallest absolute Gasteiger partial charge is 0.137 e. The van der Waals surface area contributed by atoms with Crippen LogP contribution in [0.2, 0.25) is 5.15 Å². The summed E-state index contributed by atoms with van der Waals surface area (Å²) in [6.07, 6.45) is 3.52. The highest BCUT2D eigenvalue weighted by Gasteiger charge is 2.13. The molecule has 0 aliphatic carbocycles. The Hall–Kier alpha value is -3.63. The zero-order valence-electron chi connectivity index (χ0n) is 15.3. The van der Waals surface area contributed by atoms with Crippen molar-refractivity contribution in [2.45, 2.75) is 0 Å². The molecule has 0 saturated carbocycles. The van der Waals surface area contributed by atoms with E-state index in [0.29, 0.717) is 5.15 Å². The van der Waals surface area contributed by atoms with Crippen LogP contribution in [0, 0.1) is 0 Å². The van der Waals surface area contributed by atoms with Crippen LogP contribution in [-0.2, 0) is 0 Å². The molecule has 0 aliphatic heterocycles. The van der Waals surface area contributed by atoms with E-state index in [9.17, 15) is 0 Å². The number of para-hydroxylation sites is 1. The van der Waals surface area contributed by atoms with E-state index in [-0.39, 0.29) is 0 Å². The van der Waals surface area contributed by atoms with Crippen LogP contribution in [0.4, 0.5) is 0 Å². The van der Waals surface area contributed by atoms with Crippen molar-refractivity contribution in [2.75, 3.05) is 0 Å². The van der Waals surface area contributed by atoms with Crippen molar-refractivity contribution in [3.8, 4) is 33.9 Å². The molecule has 0 fully saturated rings. The van der Waals surface area contributed by atoms with E-state index >= 15 is 0 Å². The van der Waals surface area contributed by atoms with E-state index in [0.717, 1.165) is 44.8 Å². The molecule has 0 bridgehead atoms. The minimum Gasteiger partial charge on any atom is -0.255 e. The van der Waals surface area contributed by atoms with Gasteiger partial charge in [-0.15, -0.1) is 0 Å². The second kappa shape index (κ2) is 7.41. The molecule has 5 rings (SSSR count). The van der Waals surface area contributed by atoms with Gasteiger partial charge in [-0.3, -0.25) is 9.97 Å². The van der Waals surface area contributed by atoms with E-state index < -0.39 is 0 Å². The molecule has 0 unspecified atom stereocenters. The zero-order chi connectivity index (χ0) is 19.6. The van der Waals surface area contributed by atoms with E-state index in [1.807, 2.05) is 72.8 Å². The van der Waals surface area contributed by atoms with Gasteiger partial charge in [0.2, 0.25) is 0 Å². The lowest BCUT2D eigenvalue weighted by molar-refractivity contribution is 1.22. The van der Waals surface area contributed by atoms with E-state index in [2.05, 4.69) is 21.0 Å². The summed E-state index contributed by atoms with van der Waals surface area (Å²) in [7, 11) is 0. The van der Waals surface area contributed by atoms with Gasteiger partial charge >= 0.3 is 0 Å². The van der Waals surface area contributed by atoms with Crippen molar-refractivity contribution in [2.24, 2.45) is 0 Å². The van der Waals surface area contributed by atoms with Crippen LogP contribution in [0.25, 0.3) is 44.8 Å². The third-order valence-corrected chi connectivity index (χ3v) is 4.96. The minimum absolute atomic E-state index is 0.453. The standard InChI is InChI=1S/C24H15ClN4/c25-24-18(13-16-7-1-2-8-19(16)29-24)17-14-22(20-9-3-5-11-26-20)28-23(15-17)21-10-4-6-12-27-21/h1-15H. The van der Waals surface area contributed by atoms with Crippen molar-refractivity contribution in [1.82, 2.24) is 19.9 Å². The Balaban J connectivity index is 1.75. The fourth-order valence-electron chi connectivity index (χ4n) is 3.27. The molecule has 0 atom stereocenters. The van der Waals surface area contributed by atoms with Crippen molar-refractivity contribution in [3.05, 3.63) is 96.4 Å². The summed E-state index contributed by atoms with van der Waals surface area (Å²) in [5.41, 5.74) is 5.73. The summed E-state index contributed by atoms with van der Waals surface area (Å²) in [5, 5.41) is 1.48. The SMILES string of the molecule is Clc1nc2ccccc2cc1-c1cc(-c2ccccn2)nc(-c2ccccn2)c1. The maximum atomic E-state index is 6.57. The second-order valence-corrected chi connectivity index (χ2v) is 6.93. The number of rotatable bonds is 3. The highest BCUT2D eigenvalue weighted by atomic mass is 35.5. The molecule has 4 heterocycles. The summed E-state index contributed by atoms with van der Waals surface area (Å²) in [4.78, 5) is 18.3. The van der Waals surface area contributed by atoms with Crippen molar-refractivity contribution in [1.29, 1.82) is 0 Å². The number of halogens is 1. The maximum absolute atomic E-state index is 6.57. The summed E-state index contributed by atoms with van der Waals surface area (Å²) >= 11 is 6.57. The Labute approximate surface area is 172 Å². The summed E-state index contributed by atoms with van der Waals surface area (Å²) in [5.74, 6) is 0. The largest absolute Gasteiger partial charge is 0.255 e. The molecule has 29 heavy (non-hydrogen) atoms.